The molecule has 0 radical (unpaired) electrons. The molecule has 1 heterocycles. The number of rotatable bonds is 8. The molecule has 0 bridgehead atoms. The first-order valence-electron chi connectivity index (χ1n) is 7.26. The maximum Gasteiger partial charge on any atom is 0.0728 e. The summed E-state index contributed by atoms with van der Waals surface area (Å²) in [5.41, 5.74) is 0. The van der Waals surface area contributed by atoms with E-state index in [1.807, 2.05) is 0 Å². The highest BCUT2D eigenvalue weighted by molar-refractivity contribution is 4.84. The molecule has 0 aromatic heterocycles. The normalized spacial score (nSPS) is 29.5. The minimum atomic E-state index is 0.323. The summed E-state index contributed by atoms with van der Waals surface area (Å²) in [6, 6.07) is 1.18. The standard InChI is InChI=1S/C14H29NO2/c1-3-13-14(9-8-12(2)15-13)17-11-7-5-4-6-10-16/h12-16H,3-11H2,1-2H3. The fourth-order valence-corrected chi connectivity index (χ4v) is 2.55. The van der Waals surface area contributed by atoms with Crippen molar-refractivity contribution in [1.82, 2.24) is 5.32 Å². The number of piperidine rings is 1. The first kappa shape index (κ1) is 14.9. The van der Waals surface area contributed by atoms with E-state index >= 15 is 0 Å². The largest absolute Gasteiger partial charge is 0.396 e. The molecule has 3 heteroatoms. The summed E-state index contributed by atoms with van der Waals surface area (Å²) in [6.07, 6.45) is 8.34. The predicted octanol–water partition coefficient (Wildman–Crippen LogP) is 2.47. The monoisotopic (exact) mass is 243 g/mol. The van der Waals surface area contributed by atoms with Crippen LogP contribution in [0.2, 0.25) is 0 Å². The van der Waals surface area contributed by atoms with Crippen molar-refractivity contribution in [1.29, 1.82) is 0 Å². The number of ether oxygens (including phenoxy) is 1. The van der Waals surface area contributed by atoms with Gasteiger partial charge in [0.25, 0.3) is 0 Å². The van der Waals surface area contributed by atoms with Crippen LogP contribution in [0.5, 0.6) is 0 Å². The Morgan fingerprint density at radius 3 is 2.65 bits per heavy atom. The molecule has 0 aromatic carbocycles. The number of hydrogen-bond donors (Lipinski definition) is 2. The van der Waals surface area contributed by atoms with Crippen LogP contribution in [0.3, 0.4) is 0 Å². The number of nitrogens with one attached hydrogen (secondary N) is 1. The van der Waals surface area contributed by atoms with Crippen LogP contribution in [0.25, 0.3) is 0 Å². The van der Waals surface area contributed by atoms with Crippen molar-refractivity contribution in [2.75, 3.05) is 13.2 Å². The van der Waals surface area contributed by atoms with Crippen LogP contribution in [-0.2, 0) is 4.74 Å². The summed E-state index contributed by atoms with van der Waals surface area (Å²) in [7, 11) is 0. The van der Waals surface area contributed by atoms with Crippen molar-refractivity contribution in [2.45, 2.75) is 77.0 Å². The van der Waals surface area contributed by atoms with E-state index in [0.29, 0.717) is 24.8 Å². The van der Waals surface area contributed by atoms with Crippen LogP contribution < -0.4 is 5.32 Å². The minimum absolute atomic E-state index is 0.323. The average molecular weight is 243 g/mol. The molecule has 0 amide bonds. The molecule has 0 spiro atoms. The van der Waals surface area contributed by atoms with Crippen LogP contribution in [0, 0.1) is 0 Å². The third-order valence-electron chi connectivity index (χ3n) is 3.66. The molecule has 1 aliphatic heterocycles. The molecular weight excluding hydrogens is 214 g/mol. The smallest absolute Gasteiger partial charge is 0.0728 e. The Morgan fingerprint density at radius 1 is 1.18 bits per heavy atom. The van der Waals surface area contributed by atoms with Crippen LogP contribution in [0.15, 0.2) is 0 Å². The summed E-state index contributed by atoms with van der Waals surface area (Å²) in [5.74, 6) is 0. The van der Waals surface area contributed by atoms with Crippen LogP contribution in [0.1, 0.15) is 58.8 Å². The van der Waals surface area contributed by atoms with Gasteiger partial charge >= 0.3 is 0 Å². The first-order chi connectivity index (χ1) is 8.27. The summed E-state index contributed by atoms with van der Waals surface area (Å²) < 4.78 is 5.99. The number of aliphatic hydroxyl groups excluding tert-OH is 1. The van der Waals surface area contributed by atoms with Gasteiger partial charge in [-0.2, -0.15) is 0 Å². The number of aliphatic hydroxyl groups is 1. The molecular formula is C14H29NO2. The van der Waals surface area contributed by atoms with E-state index in [1.165, 1.54) is 19.3 Å². The molecule has 1 saturated heterocycles. The molecule has 3 nitrogen and oxygen atoms in total. The predicted molar refractivity (Wildman–Crippen MR) is 71.2 cm³/mol. The van der Waals surface area contributed by atoms with E-state index in [-0.39, 0.29) is 0 Å². The lowest BCUT2D eigenvalue weighted by Gasteiger charge is -2.35. The number of hydrogen-bond acceptors (Lipinski definition) is 3. The van der Waals surface area contributed by atoms with E-state index in [2.05, 4.69) is 19.2 Å². The van der Waals surface area contributed by atoms with Crippen molar-refractivity contribution in [2.24, 2.45) is 0 Å². The molecule has 102 valence electrons. The molecule has 0 aromatic rings. The second kappa shape index (κ2) is 8.90. The van der Waals surface area contributed by atoms with Crippen LogP contribution in [0.4, 0.5) is 0 Å². The average Bonchev–Trinajstić information content (AvgIpc) is 2.35. The molecule has 0 saturated carbocycles. The molecule has 1 aliphatic rings. The van der Waals surface area contributed by atoms with E-state index in [0.717, 1.165) is 32.3 Å². The SMILES string of the molecule is CCC1NC(C)CCC1OCCCCCCO. The third kappa shape index (κ3) is 5.84. The molecule has 17 heavy (non-hydrogen) atoms. The molecule has 1 rings (SSSR count). The van der Waals surface area contributed by atoms with Gasteiger partial charge in [0.05, 0.1) is 6.10 Å². The minimum Gasteiger partial charge on any atom is -0.396 e. The first-order valence-corrected chi connectivity index (χ1v) is 7.26. The quantitative estimate of drug-likeness (QED) is 0.644. The van der Waals surface area contributed by atoms with Crippen molar-refractivity contribution in [3.05, 3.63) is 0 Å². The van der Waals surface area contributed by atoms with Gasteiger partial charge in [-0.05, 0) is 39.0 Å². The fourth-order valence-electron chi connectivity index (χ4n) is 2.55. The second-order valence-corrected chi connectivity index (χ2v) is 5.21. The van der Waals surface area contributed by atoms with Gasteiger partial charge in [-0.1, -0.05) is 19.8 Å². The van der Waals surface area contributed by atoms with Crippen molar-refractivity contribution in [3.63, 3.8) is 0 Å². The molecule has 3 atom stereocenters. The summed E-state index contributed by atoms with van der Waals surface area (Å²) in [4.78, 5) is 0. The molecule has 1 fully saturated rings. The summed E-state index contributed by atoms with van der Waals surface area (Å²) >= 11 is 0. The molecule has 2 N–H and O–H groups in total. The maximum atomic E-state index is 8.68. The third-order valence-corrected chi connectivity index (χ3v) is 3.66. The molecule has 0 aliphatic carbocycles. The van der Waals surface area contributed by atoms with Crippen molar-refractivity contribution >= 4 is 0 Å². The lowest BCUT2D eigenvalue weighted by atomic mass is 9.95. The Hall–Kier alpha value is -0.120. The summed E-state index contributed by atoms with van der Waals surface area (Å²) in [5, 5.41) is 12.3. The lowest BCUT2D eigenvalue weighted by Crippen LogP contribution is -2.49. The van der Waals surface area contributed by atoms with Gasteiger partial charge in [0.15, 0.2) is 0 Å². The Kier molecular flexibility index (Phi) is 7.82. The van der Waals surface area contributed by atoms with Gasteiger partial charge in [0.1, 0.15) is 0 Å². The van der Waals surface area contributed by atoms with Crippen LogP contribution >= 0.6 is 0 Å². The van der Waals surface area contributed by atoms with Crippen LogP contribution in [-0.4, -0.2) is 36.5 Å². The Labute approximate surface area is 106 Å². The lowest BCUT2D eigenvalue weighted by molar-refractivity contribution is -0.00215. The van der Waals surface area contributed by atoms with Gasteiger partial charge in [-0.15, -0.1) is 0 Å². The van der Waals surface area contributed by atoms with E-state index < -0.39 is 0 Å². The Balaban J connectivity index is 2.08. The van der Waals surface area contributed by atoms with Gasteiger partial charge in [0.2, 0.25) is 0 Å². The number of unbranched alkanes of at least 4 members (excludes halogenated alkanes) is 3. The Morgan fingerprint density at radius 2 is 1.94 bits per heavy atom. The van der Waals surface area contributed by atoms with Gasteiger partial charge < -0.3 is 15.2 Å². The van der Waals surface area contributed by atoms with Gasteiger partial charge in [-0.3, -0.25) is 0 Å². The topological polar surface area (TPSA) is 41.5 Å². The van der Waals surface area contributed by atoms with Crippen molar-refractivity contribution < 1.29 is 9.84 Å². The zero-order valence-corrected chi connectivity index (χ0v) is 11.5. The van der Waals surface area contributed by atoms with E-state index in [9.17, 15) is 0 Å². The molecule has 3 unspecified atom stereocenters. The van der Waals surface area contributed by atoms with E-state index in [1.54, 1.807) is 0 Å². The summed E-state index contributed by atoms with van der Waals surface area (Å²) in [6.45, 7) is 5.69. The Bertz CT molecular complexity index is 187. The second-order valence-electron chi connectivity index (χ2n) is 5.21. The van der Waals surface area contributed by atoms with E-state index in [4.69, 9.17) is 9.84 Å². The zero-order valence-electron chi connectivity index (χ0n) is 11.5. The highest BCUT2D eigenvalue weighted by Crippen LogP contribution is 2.19. The van der Waals surface area contributed by atoms with Gasteiger partial charge in [-0.25, -0.2) is 0 Å². The highest BCUT2D eigenvalue weighted by Gasteiger charge is 2.26. The highest BCUT2D eigenvalue weighted by atomic mass is 16.5. The van der Waals surface area contributed by atoms with Gasteiger partial charge in [0, 0.05) is 25.3 Å². The fraction of sp³-hybridized carbons (Fsp3) is 1.00. The van der Waals surface area contributed by atoms with Crippen molar-refractivity contribution in [3.8, 4) is 0 Å². The zero-order chi connectivity index (χ0) is 12.5. The maximum absolute atomic E-state index is 8.68.